The Morgan fingerprint density at radius 1 is 1.18 bits per heavy atom. The Labute approximate surface area is 106 Å². The summed E-state index contributed by atoms with van der Waals surface area (Å²) in [4.78, 5) is 22.6. The molecule has 0 aromatic rings. The molecule has 2 aliphatic rings. The molecule has 96 valence electrons. The van der Waals surface area contributed by atoms with Crippen molar-refractivity contribution in [3.05, 3.63) is 0 Å². The molecular weight excluding hydrogens is 240 g/mol. The first-order valence-corrected chi connectivity index (χ1v) is 6.88. The van der Waals surface area contributed by atoms with E-state index in [2.05, 4.69) is 10.6 Å². The summed E-state index contributed by atoms with van der Waals surface area (Å²) < 4.78 is 0. The maximum Gasteiger partial charge on any atom is 0.321 e. The lowest BCUT2D eigenvalue weighted by atomic mass is 9.98. The van der Waals surface area contributed by atoms with Gasteiger partial charge >= 0.3 is 6.03 Å². The summed E-state index contributed by atoms with van der Waals surface area (Å²) in [6, 6.07) is -0.383. The van der Waals surface area contributed by atoms with Gasteiger partial charge in [-0.1, -0.05) is 0 Å². The summed E-state index contributed by atoms with van der Waals surface area (Å²) in [5.74, 6) is 2.17. The molecule has 0 heterocycles. The lowest BCUT2D eigenvalue weighted by Gasteiger charge is -2.16. The molecule has 2 rings (SSSR count). The second-order valence-corrected chi connectivity index (χ2v) is 5.41. The van der Waals surface area contributed by atoms with Gasteiger partial charge in [0.25, 0.3) is 0 Å². The maximum absolute atomic E-state index is 11.4. The van der Waals surface area contributed by atoms with Gasteiger partial charge in [0.1, 0.15) is 0 Å². The molecule has 0 atom stereocenters. The van der Waals surface area contributed by atoms with Gasteiger partial charge in [0.2, 0.25) is 5.91 Å². The van der Waals surface area contributed by atoms with Gasteiger partial charge in [0.15, 0.2) is 0 Å². The van der Waals surface area contributed by atoms with Gasteiger partial charge in [0.05, 0.1) is 0 Å². The van der Waals surface area contributed by atoms with E-state index in [0.717, 1.165) is 11.8 Å². The molecule has 0 saturated heterocycles. The van der Waals surface area contributed by atoms with Crippen LogP contribution in [0.3, 0.4) is 0 Å². The summed E-state index contributed by atoms with van der Waals surface area (Å²) in [7, 11) is 0. The van der Waals surface area contributed by atoms with Crippen molar-refractivity contribution in [3.8, 4) is 0 Å². The van der Waals surface area contributed by atoms with Crippen LogP contribution in [0.4, 0.5) is 4.79 Å². The number of hydrogen-bond donors (Lipinski definition) is 2. The first-order chi connectivity index (χ1) is 8.20. The summed E-state index contributed by atoms with van der Waals surface area (Å²) >= 11 is 5.41. The largest absolute Gasteiger partial charge is 0.337 e. The zero-order valence-corrected chi connectivity index (χ0v) is 10.6. The molecule has 2 fully saturated rings. The van der Waals surface area contributed by atoms with E-state index < -0.39 is 0 Å². The number of urea groups is 1. The van der Waals surface area contributed by atoms with Gasteiger partial charge in [0, 0.05) is 18.8 Å². The number of halogens is 1. The second-order valence-electron chi connectivity index (χ2n) is 5.04. The molecule has 2 saturated carbocycles. The van der Waals surface area contributed by atoms with E-state index in [1.807, 2.05) is 0 Å². The molecule has 0 unspecified atom stereocenters. The van der Waals surface area contributed by atoms with E-state index in [1.165, 1.54) is 25.7 Å². The van der Waals surface area contributed by atoms with Crippen LogP contribution in [-0.4, -0.2) is 24.4 Å². The summed E-state index contributed by atoms with van der Waals surface area (Å²) in [5, 5.41) is 5.08. The molecule has 3 amide bonds. The van der Waals surface area contributed by atoms with Crippen LogP contribution >= 0.6 is 11.6 Å². The number of alkyl halides is 1. The van der Waals surface area contributed by atoms with Gasteiger partial charge in [-0.3, -0.25) is 10.1 Å². The van der Waals surface area contributed by atoms with E-state index in [9.17, 15) is 9.59 Å². The highest BCUT2D eigenvalue weighted by Crippen LogP contribution is 2.48. The number of rotatable bonds is 6. The number of imide groups is 1. The Kier molecular flexibility index (Phi) is 4.26. The van der Waals surface area contributed by atoms with Crippen LogP contribution in [0.5, 0.6) is 0 Å². The minimum atomic E-state index is -0.383. The van der Waals surface area contributed by atoms with Crippen molar-refractivity contribution in [2.24, 2.45) is 17.8 Å². The third-order valence-electron chi connectivity index (χ3n) is 3.53. The van der Waals surface area contributed by atoms with Crippen LogP contribution < -0.4 is 10.6 Å². The van der Waals surface area contributed by atoms with Gasteiger partial charge in [-0.15, -0.1) is 11.6 Å². The van der Waals surface area contributed by atoms with Crippen LogP contribution in [0.2, 0.25) is 0 Å². The quantitative estimate of drug-likeness (QED) is 0.715. The number of nitrogens with one attached hydrogen (secondary N) is 2. The number of carbonyl (C=O) groups excluding carboxylic acids is 2. The Balaban J connectivity index is 1.65. The molecule has 0 aromatic heterocycles. The monoisotopic (exact) mass is 258 g/mol. The topological polar surface area (TPSA) is 58.2 Å². The van der Waals surface area contributed by atoms with E-state index >= 15 is 0 Å². The highest BCUT2D eigenvalue weighted by molar-refractivity contribution is 6.19. The van der Waals surface area contributed by atoms with E-state index in [0.29, 0.717) is 12.5 Å². The highest BCUT2D eigenvalue weighted by atomic mass is 35.5. The fourth-order valence-corrected chi connectivity index (χ4v) is 2.47. The molecule has 0 bridgehead atoms. The Hall–Kier alpha value is -0.770. The molecule has 0 aliphatic heterocycles. The Bertz CT molecular complexity index is 289. The summed E-state index contributed by atoms with van der Waals surface area (Å²) in [6.07, 6.45) is 5.39. The smallest absolute Gasteiger partial charge is 0.321 e. The fourth-order valence-electron chi connectivity index (χ4n) is 2.30. The van der Waals surface area contributed by atoms with Gasteiger partial charge < -0.3 is 5.32 Å². The van der Waals surface area contributed by atoms with E-state index in [1.54, 1.807) is 0 Å². The minimum Gasteiger partial charge on any atom is -0.337 e. The van der Waals surface area contributed by atoms with Crippen molar-refractivity contribution in [2.45, 2.75) is 32.1 Å². The predicted molar refractivity (Wildman–Crippen MR) is 65.8 cm³/mol. The molecule has 4 nitrogen and oxygen atoms in total. The Morgan fingerprint density at radius 2 is 1.76 bits per heavy atom. The van der Waals surface area contributed by atoms with Crippen molar-refractivity contribution >= 4 is 23.5 Å². The average molecular weight is 259 g/mol. The van der Waals surface area contributed by atoms with Crippen molar-refractivity contribution in [2.75, 3.05) is 12.4 Å². The van der Waals surface area contributed by atoms with Gasteiger partial charge in [-0.05, 0) is 43.4 Å². The zero-order chi connectivity index (χ0) is 12.3. The Morgan fingerprint density at radius 3 is 2.24 bits per heavy atom. The predicted octanol–water partition coefficient (Wildman–Crippen LogP) is 1.88. The first-order valence-electron chi connectivity index (χ1n) is 6.34. The van der Waals surface area contributed by atoms with Crippen molar-refractivity contribution in [1.82, 2.24) is 10.6 Å². The highest BCUT2D eigenvalue weighted by Gasteiger charge is 2.41. The first kappa shape index (κ1) is 12.7. The van der Waals surface area contributed by atoms with Gasteiger partial charge in [-0.2, -0.15) is 0 Å². The van der Waals surface area contributed by atoms with Crippen LogP contribution in [0.15, 0.2) is 0 Å². The molecule has 0 radical (unpaired) electrons. The van der Waals surface area contributed by atoms with Crippen LogP contribution in [0.1, 0.15) is 32.1 Å². The molecule has 0 aromatic carbocycles. The summed E-state index contributed by atoms with van der Waals surface area (Å²) in [5.41, 5.74) is 0. The standard InChI is InChI=1S/C12H19ClN2O2/c13-6-5-11(16)15-12(17)14-7-10(8-1-2-8)9-3-4-9/h8-10H,1-7H2,(H2,14,15,16,17). The van der Waals surface area contributed by atoms with Crippen molar-refractivity contribution in [3.63, 3.8) is 0 Å². The SMILES string of the molecule is O=C(CCCl)NC(=O)NCC(C1CC1)C1CC1. The zero-order valence-electron chi connectivity index (χ0n) is 9.88. The summed E-state index contributed by atoms with van der Waals surface area (Å²) in [6.45, 7) is 0.704. The second kappa shape index (κ2) is 5.71. The average Bonchev–Trinajstić information content (AvgIpc) is 3.13. The molecule has 2 N–H and O–H groups in total. The molecular formula is C12H19ClN2O2. The molecule has 5 heteroatoms. The molecule has 0 spiro atoms. The fraction of sp³-hybridized carbons (Fsp3) is 0.833. The van der Waals surface area contributed by atoms with Crippen LogP contribution in [0, 0.1) is 17.8 Å². The molecule has 17 heavy (non-hydrogen) atoms. The third-order valence-corrected chi connectivity index (χ3v) is 3.72. The lowest BCUT2D eigenvalue weighted by molar-refractivity contribution is -0.119. The maximum atomic E-state index is 11.4. The van der Waals surface area contributed by atoms with E-state index in [4.69, 9.17) is 11.6 Å². The van der Waals surface area contributed by atoms with Crippen molar-refractivity contribution in [1.29, 1.82) is 0 Å². The van der Waals surface area contributed by atoms with Crippen LogP contribution in [-0.2, 0) is 4.79 Å². The number of amides is 3. The normalized spacial score (nSPS) is 19.2. The lowest BCUT2D eigenvalue weighted by Crippen LogP contribution is -2.42. The van der Waals surface area contributed by atoms with Gasteiger partial charge in [-0.25, -0.2) is 4.79 Å². The third kappa shape index (κ3) is 4.19. The number of hydrogen-bond acceptors (Lipinski definition) is 2. The minimum absolute atomic E-state index is 0.184. The van der Waals surface area contributed by atoms with Crippen LogP contribution in [0.25, 0.3) is 0 Å². The molecule has 2 aliphatic carbocycles. The number of carbonyl (C=O) groups is 2. The van der Waals surface area contributed by atoms with E-state index in [-0.39, 0.29) is 24.2 Å². The van der Waals surface area contributed by atoms with Crippen molar-refractivity contribution < 1.29 is 9.59 Å².